The molecule has 168 valence electrons. The summed E-state index contributed by atoms with van der Waals surface area (Å²) >= 11 is 12.2. The topological polar surface area (TPSA) is 70.4 Å². The molecule has 4 rings (SSSR count). The number of para-hydroxylation sites is 2. The number of imidazole rings is 1. The van der Waals surface area contributed by atoms with Gasteiger partial charge in [-0.1, -0.05) is 41.4 Å². The minimum atomic E-state index is -0.164. The van der Waals surface area contributed by atoms with Gasteiger partial charge in [-0.25, -0.2) is 4.98 Å². The molecule has 0 bridgehead atoms. The highest BCUT2D eigenvalue weighted by molar-refractivity contribution is 6.35. The highest BCUT2D eigenvalue weighted by atomic mass is 35.5. The lowest BCUT2D eigenvalue weighted by Gasteiger charge is -2.15. The summed E-state index contributed by atoms with van der Waals surface area (Å²) in [5.74, 6) is 0.981. The van der Waals surface area contributed by atoms with E-state index in [0.717, 1.165) is 5.56 Å². The van der Waals surface area contributed by atoms with Gasteiger partial charge in [0.1, 0.15) is 13.2 Å². The van der Waals surface area contributed by atoms with Crippen molar-refractivity contribution in [3.05, 3.63) is 87.7 Å². The minimum absolute atomic E-state index is 0.0335. The molecule has 4 aromatic rings. The Balaban J connectivity index is 1.61. The number of rotatable bonds is 7. The van der Waals surface area contributed by atoms with Gasteiger partial charge in [0.2, 0.25) is 5.91 Å². The highest BCUT2D eigenvalue weighted by Gasteiger charge is 2.16. The van der Waals surface area contributed by atoms with E-state index in [-0.39, 0.29) is 24.9 Å². The summed E-state index contributed by atoms with van der Waals surface area (Å²) in [6.45, 7) is 3.14. The lowest BCUT2D eigenvalue weighted by Crippen LogP contribution is -2.12. The first kappa shape index (κ1) is 22.8. The summed E-state index contributed by atoms with van der Waals surface area (Å²) in [6.07, 6.45) is 0. The summed E-state index contributed by atoms with van der Waals surface area (Å²) < 4.78 is 13.5. The molecular weight excluding hydrogens is 463 g/mol. The van der Waals surface area contributed by atoms with Crippen molar-refractivity contribution in [1.82, 2.24) is 9.55 Å². The van der Waals surface area contributed by atoms with Gasteiger partial charge in [-0.3, -0.25) is 14.2 Å². The van der Waals surface area contributed by atoms with Crippen LogP contribution in [0.2, 0.25) is 10.0 Å². The molecule has 8 heteroatoms. The number of fused-ring (bicyclic) bond motifs is 1. The number of hydrogen-bond donors (Lipinski definition) is 0. The number of aromatic nitrogens is 2. The molecule has 1 heterocycles. The predicted molar refractivity (Wildman–Crippen MR) is 128 cm³/mol. The van der Waals surface area contributed by atoms with Crippen LogP contribution in [-0.4, -0.2) is 21.2 Å². The Morgan fingerprint density at radius 3 is 2.39 bits per heavy atom. The second-order valence-electron chi connectivity index (χ2n) is 7.40. The summed E-state index contributed by atoms with van der Waals surface area (Å²) in [6, 6.07) is 17.5. The van der Waals surface area contributed by atoms with Gasteiger partial charge in [0.25, 0.3) is 0 Å². The quantitative estimate of drug-likeness (QED) is 0.286. The predicted octanol–water partition coefficient (Wildman–Crippen LogP) is 6.36. The fourth-order valence-electron chi connectivity index (χ4n) is 3.42. The van der Waals surface area contributed by atoms with Gasteiger partial charge in [-0.2, -0.15) is 0 Å². The van der Waals surface area contributed by atoms with Crippen molar-refractivity contribution in [1.29, 1.82) is 0 Å². The Hall–Kier alpha value is -3.35. The highest BCUT2D eigenvalue weighted by Crippen LogP contribution is 2.31. The number of carbonyl (C=O) groups is 2. The number of carbonyl (C=O) groups excluding carboxylic acids is 2. The van der Waals surface area contributed by atoms with E-state index in [1.165, 1.54) is 18.4 Å². The second kappa shape index (κ2) is 9.65. The zero-order valence-corrected chi connectivity index (χ0v) is 19.5. The first-order chi connectivity index (χ1) is 15.8. The molecule has 6 nitrogen and oxygen atoms in total. The third kappa shape index (κ3) is 5.02. The number of ether oxygens (including phenoxy) is 2. The second-order valence-corrected chi connectivity index (χ2v) is 8.25. The van der Waals surface area contributed by atoms with Crippen LogP contribution in [0.15, 0.2) is 60.7 Å². The van der Waals surface area contributed by atoms with Gasteiger partial charge < -0.3 is 9.47 Å². The van der Waals surface area contributed by atoms with Gasteiger partial charge in [0, 0.05) is 28.1 Å². The monoisotopic (exact) mass is 482 g/mol. The van der Waals surface area contributed by atoms with E-state index < -0.39 is 0 Å². The van der Waals surface area contributed by atoms with Gasteiger partial charge >= 0.3 is 0 Å². The smallest absolute Gasteiger partial charge is 0.229 e. The van der Waals surface area contributed by atoms with Crippen LogP contribution < -0.4 is 9.47 Å². The molecular formula is C25H20Cl2N2O4. The van der Waals surface area contributed by atoms with E-state index >= 15 is 0 Å². The third-order valence-electron chi connectivity index (χ3n) is 5.05. The average molecular weight is 483 g/mol. The molecule has 0 N–H and O–H groups in total. The maximum absolute atomic E-state index is 12.2. The van der Waals surface area contributed by atoms with E-state index in [1.807, 2.05) is 24.3 Å². The molecule has 33 heavy (non-hydrogen) atoms. The van der Waals surface area contributed by atoms with Crippen LogP contribution in [0.4, 0.5) is 0 Å². The van der Waals surface area contributed by atoms with Crippen molar-refractivity contribution < 1.29 is 19.1 Å². The van der Waals surface area contributed by atoms with Crippen molar-refractivity contribution in [3.8, 4) is 11.5 Å². The largest absolute Gasteiger partial charge is 0.485 e. The van der Waals surface area contributed by atoms with Crippen molar-refractivity contribution in [2.45, 2.75) is 27.1 Å². The SMILES string of the molecule is CC(=O)c1ccc(OCc2nc3ccccc3n2C(C)=O)c(OCc2ccc(Cl)cc2Cl)c1. The summed E-state index contributed by atoms with van der Waals surface area (Å²) in [5, 5.41) is 1.00. The van der Waals surface area contributed by atoms with Crippen molar-refractivity contribution in [3.63, 3.8) is 0 Å². The normalized spacial score (nSPS) is 10.9. The Kier molecular flexibility index (Phi) is 6.67. The summed E-state index contributed by atoms with van der Waals surface area (Å²) in [7, 11) is 0. The molecule has 0 aliphatic rings. The molecule has 0 spiro atoms. The van der Waals surface area contributed by atoms with E-state index in [2.05, 4.69) is 4.98 Å². The van der Waals surface area contributed by atoms with Crippen LogP contribution in [0.3, 0.4) is 0 Å². The Morgan fingerprint density at radius 2 is 1.67 bits per heavy atom. The van der Waals surface area contributed by atoms with Crippen LogP contribution in [0.1, 0.15) is 40.4 Å². The van der Waals surface area contributed by atoms with E-state index in [9.17, 15) is 9.59 Å². The van der Waals surface area contributed by atoms with Crippen molar-refractivity contribution in [2.24, 2.45) is 0 Å². The summed E-state index contributed by atoms with van der Waals surface area (Å²) in [4.78, 5) is 28.7. The Labute approximate surface area is 200 Å². The van der Waals surface area contributed by atoms with Crippen molar-refractivity contribution in [2.75, 3.05) is 0 Å². The van der Waals surface area contributed by atoms with Crippen LogP contribution in [0.25, 0.3) is 11.0 Å². The summed E-state index contributed by atoms with van der Waals surface area (Å²) in [5.41, 5.74) is 2.63. The Bertz CT molecular complexity index is 1360. The number of halogens is 2. The molecule has 0 aliphatic heterocycles. The maximum Gasteiger partial charge on any atom is 0.229 e. The van der Waals surface area contributed by atoms with Crippen LogP contribution >= 0.6 is 23.2 Å². The van der Waals surface area contributed by atoms with Gasteiger partial charge in [0.05, 0.1) is 11.0 Å². The number of nitrogens with zero attached hydrogens (tertiary/aromatic N) is 2. The number of Topliss-reactive ketones (excluding diaryl/α,β-unsaturated/α-hetero) is 1. The lowest BCUT2D eigenvalue weighted by molar-refractivity contribution is 0.0931. The van der Waals surface area contributed by atoms with Gasteiger partial charge in [-0.05, 0) is 49.4 Å². The van der Waals surface area contributed by atoms with Crippen molar-refractivity contribution >= 4 is 45.9 Å². The molecule has 1 aromatic heterocycles. The third-order valence-corrected chi connectivity index (χ3v) is 5.64. The van der Waals surface area contributed by atoms with Gasteiger partial charge in [-0.15, -0.1) is 0 Å². The van der Waals surface area contributed by atoms with E-state index in [0.29, 0.717) is 44.0 Å². The number of benzene rings is 3. The lowest BCUT2D eigenvalue weighted by atomic mass is 10.1. The molecule has 0 unspecified atom stereocenters. The van der Waals surface area contributed by atoms with E-state index in [4.69, 9.17) is 32.7 Å². The average Bonchev–Trinajstić information content (AvgIpc) is 3.16. The van der Waals surface area contributed by atoms with Gasteiger partial charge in [0.15, 0.2) is 23.1 Å². The fourth-order valence-corrected chi connectivity index (χ4v) is 3.88. The number of hydrogen-bond acceptors (Lipinski definition) is 5. The van der Waals surface area contributed by atoms with E-state index in [1.54, 1.807) is 36.4 Å². The molecule has 0 saturated carbocycles. The molecule has 0 amide bonds. The number of ketones is 1. The zero-order valence-electron chi connectivity index (χ0n) is 18.0. The van der Waals surface area contributed by atoms with Crippen LogP contribution in [-0.2, 0) is 13.2 Å². The molecule has 0 atom stereocenters. The standard InChI is InChI=1S/C25H20Cl2N2O4/c1-15(30)17-8-10-23(24(11-17)32-13-18-7-9-19(26)12-20(18)27)33-14-25-28-21-5-3-4-6-22(21)29(25)16(2)31/h3-12H,13-14H2,1-2H3. The molecule has 0 radical (unpaired) electrons. The minimum Gasteiger partial charge on any atom is -0.485 e. The Morgan fingerprint density at radius 1 is 0.909 bits per heavy atom. The van der Waals surface area contributed by atoms with Crippen LogP contribution in [0.5, 0.6) is 11.5 Å². The fraction of sp³-hybridized carbons (Fsp3) is 0.160. The van der Waals surface area contributed by atoms with Crippen LogP contribution in [0, 0.1) is 0 Å². The zero-order chi connectivity index (χ0) is 23.5. The molecule has 0 aliphatic carbocycles. The first-order valence-corrected chi connectivity index (χ1v) is 10.9. The first-order valence-electron chi connectivity index (χ1n) is 10.2. The molecule has 3 aromatic carbocycles. The molecule has 0 fully saturated rings. The molecule has 0 saturated heterocycles. The maximum atomic E-state index is 12.2.